The highest BCUT2D eigenvalue weighted by molar-refractivity contribution is 5.45. The highest BCUT2D eigenvalue weighted by atomic mass is 16.3. The van der Waals surface area contributed by atoms with Crippen LogP contribution in [0.4, 0.5) is 0 Å². The molecule has 0 aliphatic heterocycles. The van der Waals surface area contributed by atoms with E-state index in [2.05, 4.69) is 0 Å². The molecule has 1 aromatic rings. The first-order valence-electron chi connectivity index (χ1n) is 4.89. The number of nitrogens with two attached hydrogens (primary N) is 1. The summed E-state index contributed by atoms with van der Waals surface area (Å²) in [6.07, 6.45) is -1.80. The number of rotatable bonds is 4. The SMILES string of the molecule is N#Cc1cc(C(O)C(O)CCN)ccc1O. The van der Waals surface area contributed by atoms with Gasteiger partial charge >= 0.3 is 0 Å². The van der Waals surface area contributed by atoms with Crippen molar-refractivity contribution in [3.05, 3.63) is 29.3 Å². The van der Waals surface area contributed by atoms with Crippen LogP contribution in [0, 0.1) is 11.3 Å². The minimum atomic E-state index is -1.10. The molecular weight excluding hydrogens is 208 g/mol. The summed E-state index contributed by atoms with van der Waals surface area (Å²) in [6.45, 7) is 0.265. The Morgan fingerprint density at radius 1 is 1.38 bits per heavy atom. The maximum absolute atomic E-state index is 9.73. The molecule has 1 aromatic carbocycles. The molecule has 0 aromatic heterocycles. The number of nitriles is 1. The van der Waals surface area contributed by atoms with E-state index < -0.39 is 12.2 Å². The smallest absolute Gasteiger partial charge is 0.133 e. The number of aromatic hydroxyl groups is 1. The highest BCUT2D eigenvalue weighted by Crippen LogP contribution is 2.24. The molecule has 0 spiro atoms. The van der Waals surface area contributed by atoms with Gasteiger partial charge in [0.2, 0.25) is 0 Å². The molecule has 0 fully saturated rings. The fourth-order valence-electron chi connectivity index (χ4n) is 1.38. The van der Waals surface area contributed by atoms with Crippen LogP contribution < -0.4 is 5.73 Å². The summed E-state index contributed by atoms with van der Waals surface area (Å²) in [5, 5.41) is 37.2. The average Bonchev–Trinajstić information content (AvgIpc) is 2.29. The second-order valence-electron chi connectivity index (χ2n) is 3.48. The third kappa shape index (κ3) is 2.70. The molecule has 0 saturated carbocycles. The summed E-state index contributed by atoms with van der Waals surface area (Å²) >= 11 is 0. The summed E-state index contributed by atoms with van der Waals surface area (Å²) in [4.78, 5) is 0. The quantitative estimate of drug-likeness (QED) is 0.573. The zero-order chi connectivity index (χ0) is 12.1. The molecule has 16 heavy (non-hydrogen) atoms. The van der Waals surface area contributed by atoms with E-state index in [4.69, 9.17) is 11.0 Å². The van der Waals surface area contributed by atoms with Crippen LogP contribution in [-0.2, 0) is 0 Å². The van der Waals surface area contributed by atoms with Crippen molar-refractivity contribution < 1.29 is 15.3 Å². The summed E-state index contributed by atoms with van der Waals surface area (Å²) in [6, 6.07) is 5.91. The van der Waals surface area contributed by atoms with E-state index in [1.165, 1.54) is 18.2 Å². The monoisotopic (exact) mass is 222 g/mol. The summed E-state index contributed by atoms with van der Waals surface area (Å²) in [7, 11) is 0. The zero-order valence-electron chi connectivity index (χ0n) is 8.67. The number of nitrogens with zero attached hydrogens (tertiary/aromatic N) is 1. The van der Waals surface area contributed by atoms with E-state index in [0.717, 1.165) is 0 Å². The van der Waals surface area contributed by atoms with Crippen molar-refractivity contribution in [1.82, 2.24) is 0 Å². The number of phenols is 1. The van der Waals surface area contributed by atoms with Crippen molar-refractivity contribution in [2.75, 3.05) is 6.54 Å². The van der Waals surface area contributed by atoms with E-state index in [0.29, 0.717) is 5.56 Å². The van der Waals surface area contributed by atoms with Gasteiger partial charge in [-0.05, 0) is 30.7 Å². The van der Waals surface area contributed by atoms with Crippen LogP contribution in [0.1, 0.15) is 23.7 Å². The number of aliphatic hydroxyl groups is 2. The lowest BCUT2D eigenvalue weighted by Crippen LogP contribution is -2.21. The van der Waals surface area contributed by atoms with E-state index in [1.54, 1.807) is 6.07 Å². The molecule has 0 aliphatic rings. The lowest BCUT2D eigenvalue weighted by Gasteiger charge is -2.17. The normalized spacial score (nSPS) is 14.1. The van der Waals surface area contributed by atoms with Gasteiger partial charge in [-0.2, -0.15) is 5.26 Å². The van der Waals surface area contributed by atoms with Gasteiger partial charge in [0, 0.05) is 0 Å². The third-order valence-corrected chi connectivity index (χ3v) is 2.31. The first kappa shape index (κ1) is 12.5. The molecule has 0 aliphatic carbocycles. The number of hydrogen-bond acceptors (Lipinski definition) is 5. The Bertz CT molecular complexity index is 401. The first-order chi connectivity index (χ1) is 7.60. The summed E-state index contributed by atoms with van der Waals surface area (Å²) in [5.74, 6) is -0.147. The van der Waals surface area contributed by atoms with Gasteiger partial charge in [0.25, 0.3) is 0 Å². The summed E-state index contributed by atoms with van der Waals surface area (Å²) in [5.41, 5.74) is 5.71. The fourth-order valence-corrected chi connectivity index (χ4v) is 1.38. The molecule has 5 N–H and O–H groups in total. The third-order valence-electron chi connectivity index (χ3n) is 2.31. The van der Waals surface area contributed by atoms with Crippen molar-refractivity contribution in [3.63, 3.8) is 0 Å². The lowest BCUT2D eigenvalue weighted by atomic mass is 10.00. The van der Waals surface area contributed by atoms with Crippen molar-refractivity contribution in [2.24, 2.45) is 5.73 Å². The van der Waals surface area contributed by atoms with E-state index in [9.17, 15) is 15.3 Å². The van der Waals surface area contributed by atoms with Gasteiger partial charge in [0.05, 0.1) is 11.7 Å². The van der Waals surface area contributed by atoms with Crippen LogP contribution in [0.25, 0.3) is 0 Å². The molecule has 5 heteroatoms. The second-order valence-corrected chi connectivity index (χ2v) is 3.48. The van der Waals surface area contributed by atoms with Crippen LogP contribution in [0.15, 0.2) is 18.2 Å². The van der Waals surface area contributed by atoms with E-state index in [-0.39, 0.29) is 24.3 Å². The number of hydrogen-bond donors (Lipinski definition) is 4. The van der Waals surface area contributed by atoms with E-state index in [1.807, 2.05) is 0 Å². The van der Waals surface area contributed by atoms with Crippen LogP contribution in [-0.4, -0.2) is 28.0 Å². The molecule has 0 bridgehead atoms. The molecule has 0 heterocycles. The number of aliphatic hydroxyl groups excluding tert-OH is 2. The van der Waals surface area contributed by atoms with Crippen LogP contribution in [0.3, 0.4) is 0 Å². The Morgan fingerprint density at radius 3 is 2.62 bits per heavy atom. The molecular formula is C11H14N2O3. The van der Waals surface area contributed by atoms with Gasteiger partial charge in [-0.3, -0.25) is 0 Å². The second kappa shape index (κ2) is 5.47. The minimum absolute atomic E-state index is 0.0662. The van der Waals surface area contributed by atoms with Gasteiger partial charge in [0.15, 0.2) is 0 Å². The predicted molar refractivity (Wildman–Crippen MR) is 57.5 cm³/mol. The Balaban J connectivity index is 2.92. The molecule has 2 atom stereocenters. The molecule has 86 valence electrons. The van der Waals surface area contributed by atoms with Gasteiger partial charge < -0.3 is 21.1 Å². The molecule has 5 nitrogen and oxygen atoms in total. The van der Waals surface area contributed by atoms with Crippen molar-refractivity contribution in [1.29, 1.82) is 5.26 Å². The van der Waals surface area contributed by atoms with Gasteiger partial charge in [-0.15, -0.1) is 0 Å². The molecule has 0 saturated heterocycles. The van der Waals surface area contributed by atoms with Crippen molar-refractivity contribution in [3.8, 4) is 11.8 Å². The van der Waals surface area contributed by atoms with Crippen molar-refractivity contribution in [2.45, 2.75) is 18.6 Å². The number of phenolic OH excluding ortho intramolecular Hbond substituents is 1. The molecule has 0 radical (unpaired) electrons. The summed E-state index contributed by atoms with van der Waals surface area (Å²) < 4.78 is 0. The molecule has 0 amide bonds. The zero-order valence-corrected chi connectivity index (χ0v) is 8.67. The van der Waals surface area contributed by atoms with Gasteiger partial charge in [-0.1, -0.05) is 6.07 Å². The lowest BCUT2D eigenvalue weighted by molar-refractivity contribution is 0.0150. The van der Waals surface area contributed by atoms with Crippen molar-refractivity contribution >= 4 is 0 Å². The first-order valence-corrected chi connectivity index (χ1v) is 4.89. The Labute approximate surface area is 93.4 Å². The van der Waals surface area contributed by atoms with Gasteiger partial charge in [0.1, 0.15) is 17.9 Å². The van der Waals surface area contributed by atoms with Crippen LogP contribution in [0.5, 0.6) is 5.75 Å². The van der Waals surface area contributed by atoms with Crippen LogP contribution in [0.2, 0.25) is 0 Å². The number of benzene rings is 1. The predicted octanol–water partition coefficient (Wildman–Crippen LogP) is 0.00698. The highest BCUT2D eigenvalue weighted by Gasteiger charge is 2.18. The Hall–Kier alpha value is -1.61. The minimum Gasteiger partial charge on any atom is -0.507 e. The molecule has 2 unspecified atom stereocenters. The van der Waals surface area contributed by atoms with Crippen LogP contribution >= 0.6 is 0 Å². The molecule has 1 rings (SSSR count). The maximum atomic E-state index is 9.73. The Kier molecular flexibility index (Phi) is 4.26. The Morgan fingerprint density at radius 2 is 2.06 bits per heavy atom. The average molecular weight is 222 g/mol. The maximum Gasteiger partial charge on any atom is 0.133 e. The topological polar surface area (TPSA) is 110 Å². The standard InChI is InChI=1S/C11H14N2O3/c12-4-3-10(15)11(16)7-1-2-9(14)8(5-7)6-13/h1-2,5,10-11,14-16H,3-4,12H2. The van der Waals surface area contributed by atoms with Gasteiger partial charge in [-0.25, -0.2) is 0 Å². The largest absolute Gasteiger partial charge is 0.507 e. The van der Waals surface area contributed by atoms with E-state index >= 15 is 0 Å². The fraction of sp³-hybridized carbons (Fsp3) is 0.364.